The topological polar surface area (TPSA) is 95.7 Å². The van der Waals surface area contributed by atoms with Gasteiger partial charge in [0.2, 0.25) is 5.91 Å². The van der Waals surface area contributed by atoms with Gasteiger partial charge in [-0.3, -0.25) is 4.79 Å². The zero-order chi connectivity index (χ0) is 16.8. The van der Waals surface area contributed by atoms with Gasteiger partial charge in [0.25, 0.3) is 0 Å². The second-order valence-corrected chi connectivity index (χ2v) is 5.23. The summed E-state index contributed by atoms with van der Waals surface area (Å²) in [6, 6.07) is 12.8. The maximum Gasteiger partial charge on any atom is 0.331 e. The maximum atomic E-state index is 12.0. The van der Waals surface area contributed by atoms with Crippen molar-refractivity contribution < 1.29 is 14.7 Å². The van der Waals surface area contributed by atoms with Crippen LogP contribution in [-0.4, -0.2) is 23.6 Å². The number of phenolic OH excluding ortho intramolecular Hbond substituents is 1. The molecule has 0 aliphatic rings. The Morgan fingerprint density at radius 3 is 2.39 bits per heavy atom. The molecule has 0 unspecified atom stereocenters. The van der Waals surface area contributed by atoms with Crippen molar-refractivity contribution in [3.8, 4) is 5.75 Å². The maximum absolute atomic E-state index is 12.0. The van der Waals surface area contributed by atoms with Crippen molar-refractivity contribution in [1.29, 1.82) is 0 Å². The molecule has 4 N–H and O–H groups in total. The third-order valence-electron chi connectivity index (χ3n) is 3.25. The van der Waals surface area contributed by atoms with Gasteiger partial charge in [0.15, 0.2) is 0 Å². The van der Waals surface area contributed by atoms with Gasteiger partial charge >= 0.3 is 6.03 Å². The molecule has 0 atom stereocenters. The summed E-state index contributed by atoms with van der Waals surface area (Å²) in [6.07, 6.45) is 0.501. The fourth-order valence-electron chi connectivity index (χ4n) is 1.99. The Morgan fingerprint density at radius 2 is 1.78 bits per heavy atom. The Bertz CT molecular complexity index is 704. The van der Waals surface area contributed by atoms with Crippen LogP contribution < -0.4 is 15.4 Å². The normalized spacial score (nSPS) is 10.1. The first kappa shape index (κ1) is 16.7. The zero-order valence-electron chi connectivity index (χ0n) is 12.3. The Morgan fingerprint density at radius 1 is 1.13 bits per heavy atom. The van der Waals surface area contributed by atoms with E-state index in [1.807, 2.05) is 6.07 Å². The Labute approximate surface area is 139 Å². The van der Waals surface area contributed by atoms with Crippen molar-refractivity contribution in [2.75, 3.05) is 10.8 Å². The van der Waals surface area contributed by atoms with Gasteiger partial charge in [-0.05, 0) is 42.3 Å². The van der Waals surface area contributed by atoms with Crippen molar-refractivity contribution in [2.24, 2.45) is 5.73 Å². The monoisotopic (exact) mass is 331 g/mol. The van der Waals surface area contributed by atoms with Crippen LogP contribution in [0.25, 0.3) is 0 Å². The highest BCUT2D eigenvalue weighted by Gasteiger charge is 2.12. The largest absolute Gasteiger partial charge is 0.508 e. The standard InChI is InChI=1S/C16H17N3O3S/c17-15(21)12-5-7-13(8-6-12)19(23)16(22)18-10-9-11-3-1-2-4-14(11)20/h1-8,20,23H,9-10H2,(H2,17,21)(H,18,22). The van der Waals surface area contributed by atoms with Crippen LogP contribution >= 0.6 is 12.8 Å². The van der Waals surface area contributed by atoms with E-state index in [1.54, 1.807) is 30.3 Å². The second-order valence-electron chi connectivity index (χ2n) is 4.83. The SMILES string of the molecule is NC(=O)c1ccc(N(S)C(=O)NCCc2ccccc2O)cc1. The molecule has 0 saturated carbocycles. The van der Waals surface area contributed by atoms with Crippen LogP contribution in [0.2, 0.25) is 0 Å². The minimum atomic E-state index is -0.533. The Kier molecular flexibility index (Phi) is 5.48. The first-order valence-corrected chi connectivity index (χ1v) is 7.32. The number of carbonyl (C=O) groups excluding carboxylic acids is 2. The number of benzene rings is 2. The van der Waals surface area contributed by atoms with Gasteiger partial charge in [0, 0.05) is 12.1 Å². The first-order chi connectivity index (χ1) is 11.0. The number of urea groups is 1. The predicted molar refractivity (Wildman–Crippen MR) is 91.6 cm³/mol. The number of nitrogens with one attached hydrogen (secondary N) is 1. The van der Waals surface area contributed by atoms with Crippen LogP contribution in [0.15, 0.2) is 48.5 Å². The number of amides is 3. The van der Waals surface area contributed by atoms with E-state index in [2.05, 4.69) is 18.1 Å². The van der Waals surface area contributed by atoms with Crippen molar-refractivity contribution in [2.45, 2.75) is 6.42 Å². The minimum absolute atomic E-state index is 0.200. The molecule has 2 rings (SSSR count). The van der Waals surface area contributed by atoms with Crippen molar-refractivity contribution >= 4 is 30.4 Å². The Hall–Kier alpha value is -2.67. The molecule has 2 aromatic rings. The highest BCUT2D eigenvalue weighted by atomic mass is 32.1. The van der Waals surface area contributed by atoms with Crippen LogP contribution in [0.4, 0.5) is 10.5 Å². The summed E-state index contributed by atoms with van der Waals surface area (Å²) < 4.78 is 1.13. The molecule has 6 nitrogen and oxygen atoms in total. The number of hydrogen-bond donors (Lipinski definition) is 4. The lowest BCUT2D eigenvalue weighted by Gasteiger charge is -2.17. The number of nitrogens with two attached hydrogens (primary N) is 1. The summed E-state index contributed by atoms with van der Waals surface area (Å²) in [5, 5.41) is 12.4. The third-order valence-corrected chi connectivity index (χ3v) is 3.66. The van der Waals surface area contributed by atoms with Gasteiger partial charge in [0.05, 0.1) is 5.69 Å². The predicted octanol–water partition coefficient (Wildman–Crippen LogP) is 2.09. The average molecular weight is 331 g/mol. The molecule has 2 aromatic carbocycles. The van der Waals surface area contributed by atoms with E-state index < -0.39 is 11.9 Å². The lowest BCUT2D eigenvalue weighted by Crippen LogP contribution is -2.35. The molecule has 120 valence electrons. The molecule has 0 aromatic heterocycles. The van der Waals surface area contributed by atoms with E-state index >= 15 is 0 Å². The molecule has 0 radical (unpaired) electrons. The number of primary amides is 1. The molecular formula is C16H17N3O3S. The number of rotatable bonds is 5. The summed E-state index contributed by atoms with van der Waals surface area (Å²) in [4.78, 5) is 23.0. The third kappa shape index (κ3) is 4.40. The number of thiol groups is 1. The second kappa shape index (κ2) is 7.55. The number of phenols is 1. The van der Waals surface area contributed by atoms with Gasteiger partial charge in [0.1, 0.15) is 5.75 Å². The van der Waals surface area contributed by atoms with Crippen LogP contribution in [-0.2, 0) is 6.42 Å². The molecule has 0 aliphatic carbocycles. The number of para-hydroxylation sites is 1. The van der Waals surface area contributed by atoms with Crippen molar-refractivity contribution in [1.82, 2.24) is 5.32 Å². The van der Waals surface area contributed by atoms with Gasteiger partial charge < -0.3 is 16.2 Å². The van der Waals surface area contributed by atoms with E-state index in [0.717, 1.165) is 9.87 Å². The summed E-state index contributed by atoms with van der Waals surface area (Å²) in [5.41, 5.74) is 6.78. The van der Waals surface area contributed by atoms with Crippen LogP contribution in [0.3, 0.4) is 0 Å². The summed E-state index contributed by atoms with van der Waals surface area (Å²) in [6.45, 7) is 0.354. The van der Waals surface area contributed by atoms with Gasteiger partial charge in [-0.1, -0.05) is 31.0 Å². The molecule has 3 amide bonds. The number of nitrogens with zero attached hydrogens (tertiary/aromatic N) is 1. The summed E-state index contributed by atoms with van der Waals surface area (Å²) in [5.74, 6) is -0.332. The van der Waals surface area contributed by atoms with Crippen LogP contribution in [0.5, 0.6) is 5.75 Å². The van der Waals surface area contributed by atoms with E-state index in [1.165, 1.54) is 12.1 Å². The Balaban J connectivity index is 1.90. The highest BCUT2D eigenvalue weighted by Crippen LogP contribution is 2.18. The lowest BCUT2D eigenvalue weighted by molar-refractivity contribution is 0.100. The van der Waals surface area contributed by atoms with E-state index in [9.17, 15) is 14.7 Å². The molecule has 0 heterocycles. The van der Waals surface area contributed by atoms with Gasteiger partial charge in [-0.25, -0.2) is 9.10 Å². The lowest BCUT2D eigenvalue weighted by atomic mass is 10.1. The van der Waals surface area contributed by atoms with Crippen LogP contribution in [0.1, 0.15) is 15.9 Å². The first-order valence-electron chi connectivity index (χ1n) is 6.92. The van der Waals surface area contributed by atoms with E-state index in [0.29, 0.717) is 24.2 Å². The molecule has 0 aliphatic heterocycles. The quantitative estimate of drug-likeness (QED) is 0.632. The molecule has 0 bridgehead atoms. The van der Waals surface area contributed by atoms with E-state index in [-0.39, 0.29) is 5.75 Å². The molecule has 0 fully saturated rings. The highest BCUT2D eigenvalue weighted by molar-refractivity contribution is 7.82. The molecular weight excluding hydrogens is 314 g/mol. The number of carbonyl (C=O) groups is 2. The number of anilines is 1. The average Bonchev–Trinajstić information content (AvgIpc) is 2.56. The molecule has 7 heteroatoms. The number of aromatic hydroxyl groups is 1. The molecule has 0 spiro atoms. The van der Waals surface area contributed by atoms with Crippen LogP contribution in [0, 0.1) is 0 Å². The van der Waals surface area contributed by atoms with Crippen molar-refractivity contribution in [3.05, 3.63) is 59.7 Å². The number of hydrogen-bond acceptors (Lipinski definition) is 4. The fourth-order valence-corrected chi connectivity index (χ4v) is 2.19. The molecule has 23 heavy (non-hydrogen) atoms. The minimum Gasteiger partial charge on any atom is -0.508 e. The van der Waals surface area contributed by atoms with Crippen molar-refractivity contribution in [3.63, 3.8) is 0 Å². The summed E-state index contributed by atoms with van der Waals surface area (Å²) >= 11 is 4.14. The molecule has 0 saturated heterocycles. The zero-order valence-corrected chi connectivity index (χ0v) is 13.2. The van der Waals surface area contributed by atoms with Gasteiger partial charge in [-0.2, -0.15) is 0 Å². The summed E-state index contributed by atoms with van der Waals surface area (Å²) in [7, 11) is 0. The smallest absolute Gasteiger partial charge is 0.331 e. The van der Waals surface area contributed by atoms with Gasteiger partial charge in [-0.15, -0.1) is 0 Å². The fraction of sp³-hybridized carbons (Fsp3) is 0.125. The van der Waals surface area contributed by atoms with E-state index in [4.69, 9.17) is 5.73 Å².